The molecule has 2 nitrogen and oxygen atoms in total. The number of hydrogen-bond acceptors (Lipinski definition) is 2. The molecule has 0 saturated heterocycles. The van der Waals surface area contributed by atoms with Crippen LogP contribution in [0.4, 0.5) is 0 Å². The maximum absolute atomic E-state index is 11.8. The Morgan fingerprint density at radius 2 is 1.88 bits per heavy atom. The van der Waals surface area contributed by atoms with E-state index in [9.17, 15) is 4.79 Å². The highest BCUT2D eigenvalue weighted by Crippen LogP contribution is 2.19. The number of carbonyl (C=O) groups is 1. The molecule has 0 fully saturated rings. The number of aromatic nitrogens is 1. The fourth-order valence-electron chi connectivity index (χ4n) is 1.75. The molecule has 86 valence electrons. The van der Waals surface area contributed by atoms with Gasteiger partial charge in [0, 0.05) is 29.9 Å². The molecule has 17 heavy (non-hydrogen) atoms. The van der Waals surface area contributed by atoms with Gasteiger partial charge in [-0.1, -0.05) is 37.3 Å². The Bertz CT molecular complexity index is 505. The van der Waals surface area contributed by atoms with E-state index >= 15 is 0 Å². The van der Waals surface area contributed by atoms with Crippen LogP contribution < -0.4 is 0 Å². The van der Waals surface area contributed by atoms with Gasteiger partial charge in [-0.05, 0) is 18.1 Å². The zero-order valence-corrected chi connectivity index (χ0v) is 9.89. The Kier molecular flexibility index (Phi) is 3.66. The average Bonchev–Trinajstić information content (AvgIpc) is 2.40. The van der Waals surface area contributed by atoms with Crippen molar-refractivity contribution in [1.82, 2.24) is 4.98 Å². The molecule has 0 unspecified atom stereocenters. The first-order chi connectivity index (χ1) is 8.31. The van der Waals surface area contributed by atoms with E-state index in [-0.39, 0.29) is 5.78 Å². The minimum atomic E-state index is 0.165. The Hall–Kier alpha value is -1.96. The second kappa shape index (κ2) is 5.39. The molecule has 0 radical (unpaired) electrons. The number of rotatable bonds is 4. The van der Waals surface area contributed by atoms with Crippen molar-refractivity contribution in [2.24, 2.45) is 0 Å². The molecule has 0 spiro atoms. The van der Waals surface area contributed by atoms with Gasteiger partial charge >= 0.3 is 0 Å². The molecule has 0 aliphatic carbocycles. The number of hydrogen-bond donors (Lipinski definition) is 0. The van der Waals surface area contributed by atoms with E-state index in [1.807, 2.05) is 43.3 Å². The van der Waals surface area contributed by atoms with Gasteiger partial charge in [0.2, 0.25) is 0 Å². The van der Waals surface area contributed by atoms with Crippen LogP contribution in [0.5, 0.6) is 0 Å². The lowest BCUT2D eigenvalue weighted by Gasteiger charge is -2.03. The first-order valence-corrected chi connectivity index (χ1v) is 5.85. The Morgan fingerprint density at radius 1 is 1.12 bits per heavy atom. The highest BCUT2D eigenvalue weighted by Gasteiger charge is 2.06. The predicted molar refractivity (Wildman–Crippen MR) is 68.9 cm³/mol. The number of ketones is 1. The van der Waals surface area contributed by atoms with E-state index in [0.717, 1.165) is 17.5 Å². The SMILES string of the molecule is CCCC(=O)c1cncc(-c2ccccc2)c1. The van der Waals surface area contributed by atoms with Crippen molar-refractivity contribution in [3.8, 4) is 11.1 Å². The van der Waals surface area contributed by atoms with Gasteiger partial charge in [-0.25, -0.2) is 0 Å². The molecule has 0 aliphatic heterocycles. The fraction of sp³-hybridized carbons (Fsp3) is 0.200. The van der Waals surface area contributed by atoms with Crippen LogP contribution in [-0.2, 0) is 0 Å². The third-order valence-electron chi connectivity index (χ3n) is 2.64. The minimum Gasteiger partial charge on any atom is -0.294 e. The van der Waals surface area contributed by atoms with Crippen LogP contribution in [0, 0.1) is 0 Å². The van der Waals surface area contributed by atoms with Crippen LogP contribution in [0.3, 0.4) is 0 Å². The Balaban J connectivity index is 2.32. The van der Waals surface area contributed by atoms with Gasteiger partial charge in [0.25, 0.3) is 0 Å². The summed E-state index contributed by atoms with van der Waals surface area (Å²) in [6.07, 6.45) is 4.89. The summed E-state index contributed by atoms with van der Waals surface area (Å²) in [5.41, 5.74) is 2.78. The van der Waals surface area contributed by atoms with Crippen LogP contribution in [0.2, 0.25) is 0 Å². The van der Waals surface area contributed by atoms with Crippen LogP contribution in [-0.4, -0.2) is 10.8 Å². The van der Waals surface area contributed by atoms with Crippen LogP contribution in [0.25, 0.3) is 11.1 Å². The van der Waals surface area contributed by atoms with Gasteiger partial charge in [0.05, 0.1) is 0 Å². The molecule has 0 N–H and O–H groups in total. The quantitative estimate of drug-likeness (QED) is 0.742. The maximum Gasteiger partial charge on any atom is 0.164 e. The molecule has 0 bridgehead atoms. The van der Waals surface area contributed by atoms with Crippen molar-refractivity contribution in [3.05, 3.63) is 54.4 Å². The molecule has 0 saturated carbocycles. The zero-order valence-electron chi connectivity index (χ0n) is 9.89. The average molecular weight is 225 g/mol. The normalized spacial score (nSPS) is 10.2. The lowest BCUT2D eigenvalue weighted by molar-refractivity contribution is 0.0981. The van der Waals surface area contributed by atoms with Crippen molar-refractivity contribution in [2.45, 2.75) is 19.8 Å². The van der Waals surface area contributed by atoms with Gasteiger partial charge < -0.3 is 0 Å². The molecular formula is C15H15NO. The van der Waals surface area contributed by atoms with Crippen molar-refractivity contribution < 1.29 is 4.79 Å². The largest absolute Gasteiger partial charge is 0.294 e. The number of nitrogens with zero attached hydrogens (tertiary/aromatic N) is 1. The molecule has 2 rings (SSSR count). The monoisotopic (exact) mass is 225 g/mol. The van der Waals surface area contributed by atoms with Crippen LogP contribution in [0.15, 0.2) is 48.8 Å². The Labute approximate surface area is 101 Å². The van der Waals surface area contributed by atoms with Gasteiger partial charge in [-0.3, -0.25) is 9.78 Å². The lowest BCUT2D eigenvalue weighted by atomic mass is 10.0. The van der Waals surface area contributed by atoms with E-state index in [0.29, 0.717) is 12.0 Å². The first-order valence-electron chi connectivity index (χ1n) is 5.85. The standard InChI is InChI=1S/C15H15NO/c1-2-6-15(17)14-9-13(10-16-11-14)12-7-4-3-5-8-12/h3-5,7-11H,2,6H2,1H3. The second-order valence-electron chi connectivity index (χ2n) is 4.00. The van der Waals surface area contributed by atoms with Crippen LogP contribution in [0.1, 0.15) is 30.1 Å². The maximum atomic E-state index is 11.8. The van der Waals surface area contributed by atoms with Crippen molar-refractivity contribution in [1.29, 1.82) is 0 Å². The molecule has 2 aromatic rings. The molecule has 2 heteroatoms. The van der Waals surface area contributed by atoms with E-state index in [1.54, 1.807) is 12.4 Å². The molecular weight excluding hydrogens is 210 g/mol. The summed E-state index contributed by atoms with van der Waals surface area (Å²) in [5, 5.41) is 0. The van der Waals surface area contributed by atoms with E-state index in [1.165, 1.54) is 0 Å². The number of pyridine rings is 1. The van der Waals surface area contributed by atoms with Gasteiger partial charge in [0.15, 0.2) is 5.78 Å². The van der Waals surface area contributed by atoms with Crippen LogP contribution >= 0.6 is 0 Å². The molecule has 1 aromatic heterocycles. The van der Waals surface area contributed by atoms with E-state index < -0.39 is 0 Å². The topological polar surface area (TPSA) is 30.0 Å². The molecule has 0 atom stereocenters. The summed E-state index contributed by atoms with van der Waals surface area (Å²) >= 11 is 0. The third-order valence-corrected chi connectivity index (χ3v) is 2.64. The third kappa shape index (κ3) is 2.78. The molecule has 1 heterocycles. The number of benzene rings is 1. The number of carbonyl (C=O) groups excluding carboxylic acids is 1. The second-order valence-corrected chi connectivity index (χ2v) is 4.00. The van der Waals surface area contributed by atoms with E-state index in [4.69, 9.17) is 0 Å². The summed E-state index contributed by atoms with van der Waals surface area (Å²) in [5.74, 6) is 0.165. The van der Waals surface area contributed by atoms with Crippen molar-refractivity contribution in [3.63, 3.8) is 0 Å². The van der Waals surface area contributed by atoms with Crippen molar-refractivity contribution in [2.75, 3.05) is 0 Å². The fourth-order valence-corrected chi connectivity index (χ4v) is 1.75. The summed E-state index contributed by atoms with van der Waals surface area (Å²) < 4.78 is 0. The van der Waals surface area contributed by atoms with E-state index in [2.05, 4.69) is 4.98 Å². The molecule has 0 amide bonds. The molecule has 0 aliphatic rings. The summed E-state index contributed by atoms with van der Waals surface area (Å²) in [4.78, 5) is 15.9. The van der Waals surface area contributed by atoms with Crippen molar-refractivity contribution >= 4 is 5.78 Å². The smallest absolute Gasteiger partial charge is 0.164 e. The van der Waals surface area contributed by atoms with Gasteiger partial charge in [-0.15, -0.1) is 0 Å². The molecule has 1 aromatic carbocycles. The first kappa shape index (κ1) is 11.5. The predicted octanol–water partition coefficient (Wildman–Crippen LogP) is 3.73. The minimum absolute atomic E-state index is 0.165. The summed E-state index contributed by atoms with van der Waals surface area (Å²) in [6.45, 7) is 2.01. The lowest BCUT2D eigenvalue weighted by Crippen LogP contribution is -1.99. The highest BCUT2D eigenvalue weighted by atomic mass is 16.1. The zero-order chi connectivity index (χ0) is 12.1. The Morgan fingerprint density at radius 3 is 2.59 bits per heavy atom. The summed E-state index contributed by atoms with van der Waals surface area (Å²) in [6, 6.07) is 11.9. The van der Waals surface area contributed by atoms with Gasteiger partial charge in [0.1, 0.15) is 0 Å². The summed E-state index contributed by atoms with van der Waals surface area (Å²) in [7, 11) is 0. The highest BCUT2D eigenvalue weighted by molar-refractivity contribution is 5.96. The number of Topliss-reactive ketones (excluding diaryl/α,β-unsaturated/α-hetero) is 1. The van der Waals surface area contributed by atoms with Gasteiger partial charge in [-0.2, -0.15) is 0 Å².